The van der Waals surface area contributed by atoms with Crippen LogP contribution in [0.4, 0.5) is 0 Å². The van der Waals surface area contributed by atoms with Crippen LogP contribution in [0.15, 0.2) is 52.8 Å². The molecule has 2 saturated heterocycles. The lowest BCUT2D eigenvalue weighted by Crippen LogP contribution is -2.50. The molecular weight excluding hydrogens is 459 g/mol. The highest BCUT2D eigenvalue weighted by atomic mass is 127. The Morgan fingerprint density at radius 1 is 1.21 bits per heavy atom. The number of aromatic nitrogens is 1. The Hall–Kier alpha value is -1.40. The van der Waals surface area contributed by atoms with E-state index in [1.54, 1.807) is 0 Å². The normalized spacial score (nSPS) is 27.5. The van der Waals surface area contributed by atoms with Crippen LogP contribution in [0.2, 0.25) is 0 Å². The van der Waals surface area contributed by atoms with Crippen LogP contribution in [0.3, 0.4) is 0 Å². The fourth-order valence-corrected chi connectivity index (χ4v) is 5.67. The van der Waals surface area contributed by atoms with Gasteiger partial charge in [0.05, 0.1) is 0 Å². The first-order valence-electron chi connectivity index (χ1n) is 10.4. The van der Waals surface area contributed by atoms with Crippen LogP contribution < -0.4 is 0 Å². The number of piperidine rings is 1. The molecule has 3 heterocycles. The highest BCUT2D eigenvalue weighted by Crippen LogP contribution is 2.47. The molecule has 0 spiro atoms. The molecule has 28 heavy (non-hydrogen) atoms. The number of aryl methyl sites for hydroxylation is 1. The van der Waals surface area contributed by atoms with Crippen molar-refractivity contribution in [3.63, 3.8) is 0 Å². The number of hydrogen-bond acceptors (Lipinski definition) is 2. The van der Waals surface area contributed by atoms with E-state index in [0.717, 1.165) is 19.4 Å². The number of carbonyl (C=O) groups is 1. The molecule has 0 radical (unpaired) electrons. The molecule has 1 aromatic heterocycles. The van der Waals surface area contributed by atoms with Crippen LogP contribution in [0, 0.1) is 5.92 Å². The largest absolute Gasteiger partial charge is 0.351 e. The van der Waals surface area contributed by atoms with E-state index in [1.165, 1.54) is 23.2 Å². The van der Waals surface area contributed by atoms with Crippen molar-refractivity contribution in [1.29, 1.82) is 0 Å². The summed E-state index contributed by atoms with van der Waals surface area (Å²) < 4.78 is 4.25. The van der Waals surface area contributed by atoms with Gasteiger partial charge in [-0.25, -0.2) is 0 Å². The molecule has 2 aromatic rings. The standard InChI is InChI=1S/C24H29IN2O/c1-3-23(28)24-20(16-19-11-12-22(24)27(19)15-5-13-25)17-7-9-18(10-8-17)21-6-4-14-26(21)2/h4-10,13-14,19-20,22,24H,3,11-12,15-16H2,1-2H3/b13-5-. The third kappa shape index (κ3) is 3.61. The monoisotopic (exact) mass is 488 g/mol. The van der Waals surface area contributed by atoms with Gasteiger partial charge in [-0.3, -0.25) is 9.69 Å². The van der Waals surface area contributed by atoms with E-state index in [2.05, 4.69) is 91.9 Å². The number of nitrogens with zero attached hydrogens (tertiary/aromatic N) is 2. The van der Waals surface area contributed by atoms with Crippen LogP contribution in [0.1, 0.15) is 44.1 Å². The van der Waals surface area contributed by atoms with Crippen molar-refractivity contribution in [1.82, 2.24) is 9.47 Å². The van der Waals surface area contributed by atoms with E-state index in [0.29, 0.717) is 30.2 Å². The lowest BCUT2D eigenvalue weighted by molar-refractivity contribution is -0.127. The third-order valence-corrected chi connectivity index (χ3v) is 7.28. The molecule has 3 nitrogen and oxygen atoms in total. The maximum Gasteiger partial charge on any atom is 0.137 e. The van der Waals surface area contributed by atoms with Crippen LogP contribution in [0.5, 0.6) is 0 Å². The van der Waals surface area contributed by atoms with Crippen molar-refractivity contribution in [2.45, 2.75) is 50.6 Å². The minimum atomic E-state index is 0.132. The van der Waals surface area contributed by atoms with Crippen molar-refractivity contribution in [2.24, 2.45) is 13.0 Å². The van der Waals surface area contributed by atoms with Crippen molar-refractivity contribution >= 4 is 28.4 Å². The predicted octanol–water partition coefficient (Wildman–Crippen LogP) is 5.56. The van der Waals surface area contributed by atoms with Crippen LogP contribution in [0.25, 0.3) is 11.3 Å². The Morgan fingerprint density at radius 2 is 2.00 bits per heavy atom. The summed E-state index contributed by atoms with van der Waals surface area (Å²) in [7, 11) is 2.08. The molecule has 4 atom stereocenters. The van der Waals surface area contributed by atoms with Gasteiger partial charge >= 0.3 is 0 Å². The van der Waals surface area contributed by atoms with E-state index in [-0.39, 0.29) is 5.92 Å². The summed E-state index contributed by atoms with van der Waals surface area (Å²) in [6.45, 7) is 3.00. The number of benzene rings is 1. The Labute approximate surface area is 181 Å². The quantitative estimate of drug-likeness (QED) is 0.498. The lowest BCUT2D eigenvalue weighted by atomic mass is 9.73. The maximum atomic E-state index is 13.0. The summed E-state index contributed by atoms with van der Waals surface area (Å²) in [5.41, 5.74) is 3.81. The summed E-state index contributed by atoms with van der Waals surface area (Å²) in [5.74, 6) is 0.921. The Kier molecular flexibility index (Phi) is 6.07. The Balaban J connectivity index is 1.63. The molecule has 2 aliphatic heterocycles. The SMILES string of the molecule is CCC(=O)C1C(c2ccc(-c3cccn3C)cc2)CC2CCC1N2C/C=C\I. The second-order valence-corrected chi connectivity index (χ2v) is 8.89. The van der Waals surface area contributed by atoms with Crippen LogP contribution >= 0.6 is 22.6 Å². The fourth-order valence-electron chi connectivity index (χ4n) is 5.44. The lowest BCUT2D eigenvalue weighted by Gasteiger charge is -2.44. The van der Waals surface area contributed by atoms with Crippen molar-refractivity contribution < 1.29 is 4.79 Å². The molecule has 4 rings (SSSR count). The molecule has 1 aromatic carbocycles. The Morgan fingerprint density at radius 3 is 2.64 bits per heavy atom. The van der Waals surface area contributed by atoms with Crippen molar-refractivity contribution in [2.75, 3.05) is 6.54 Å². The molecule has 0 aliphatic carbocycles. The number of carbonyl (C=O) groups excluding carboxylic acids is 1. The second-order valence-electron chi connectivity index (χ2n) is 8.17. The summed E-state index contributed by atoms with van der Waals surface area (Å²) in [6, 6.07) is 14.2. The molecule has 148 valence electrons. The molecule has 2 aliphatic rings. The number of fused-ring (bicyclic) bond motifs is 2. The van der Waals surface area contributed by atoms with Gasteiger partial charge in [0, 0.05) is 49.9 Å². The zero-order valence-electron chi connectivity index (χ0n) is 16.7. The highest BCUT2D eigenvalue weighted by Gasteiger charge is 2.49. The van der Waals surface area contributed by atoms with Gasteiger partial charge in [-0.05, 0) is 52.5 Å². The molecule has 0 saturated carbocycles. The highest BCUT2D eigenvalue weighted by molar-refractivity contribution is 14.1. The van der Waals surface area contributed by atoms with E-state index in [9.17, 15) is 4.79 Å². The number of rotatable bonds is 6. The Bertz CT molecular complexity index is 854. The first-order chi connectivity index (χ1) is 13.6. The molecular formula is C24H29IN2O. The van der Waals surface area contributed by atoms with Gasteiger partial charge in [0.1, 0.15) is 5.78 Å². The van der Waals surface area contributed by atoms with Crippen LogP contribution in [-0.4, -0.2) is 33.9 Å². The second kappa shape index (κ2) is 8.54. The smallest absolute Gasteiger partial charge is 0.137 e. The number of halogens is 1. The van der Waals surface area contributed by atoms with Gasteiger partial charge in [-0.15, -0.1) is 0 Å². The van der Waals surface area contributed by atoms with E-state index < -0.39 is 0 Å². The summed E-state index contributed by atoms with van der Waals surface area (Å²) in [6.07, 6.45) is 8.44. The summed E-state index contributed by atoms with van der Waals surface area (Å²) in [4.78, 5) is 15.6. The number of ketones is 1. The van der Waals surface area contributed by atoms with Gasteiger partial charge in [0.2, 0.25) is 0 Å². The van der Waals surface area contributed by atoms with Gasteiger partial charge < -0.3 is 4.57 Å². The van der Waals surface area contributed by atoms with Gasteiger partial charge in [-0.1, -0.05) is 59.9 Å². The van der Waals surface area contributed by atoms with E-state index in [1.807, 2.05) is 6.92 Å². The minimum Gasteiger partial charge on any atom is -0.351 e. The third-order valence-electron chi connectivity index (χ3n) is 6.77. The summed E-state index contributed by atoms with van der Waals surface area (Å²) in [5, 5.41) is 0. The molecule has 2 bridgehead atoms. The van der Waals surface area contributed by atoms with Crippen molar-refractivity contribution in [3.05, 3.63) is 58.3 Å². The first kappa shape index (κ1) is 19.9. The average molecular weight is 488 g/mol. The zero-order valence-corrected chi connectivity index (χ0v) is 18.9. The molecule has 4 heteroatoms. The van der Waals surface area contributed by atoms with Crippen molar-refractivity contribution in [3.8, 4) is 11.3 Å². The van der Waals surface area contributed by atoms with Gasteiger partial charge in [0.15, 0.2) is 0 Å². The number of Topliss-reactive ketones (excluding diaryl/α,β-unsaturated/α-hetero) is 1. The summed E-state index contributed by atoms with van der Waals surface area (Å²) >= 11 is 2.29. The predicted molar refractivity (Wildman–Crippen MR) is 124 cm³/mol. The maximum absolute atomic E-state index is 13.0. The van der Waals surface area contributed by atoms with Gasteiger partial charge in [0.25, 0.3) is 0 Å². The average Bonchev–Trinajstić information content (AvgIpc) is 3.26. The van der Waals surface area contributed by atoms with Crippen LogP contribution in [-0.2, 0) is 11.8 Å². The topological polar surface area (TPSA) is 25.2 Å². The molecule has 0 amide bonds. The minimum absolute atomic E-state index is 0.132. The first-order valence-corrected chi connectivity index (χ1v) is 11.6. The van der Waals surface area contributed by atoms with E-state index in [4.69, 9.17) is 0 Å². The van der Waals surface area contributed by atoms with Gasteiger partial charge in [-0.2, -0.15) is 0 Å². The number of hydrogen-bond donors (Lipinski definition) is 0. The molecule has 0 N–H and O–H groups in total. The molecule has 2 fully saturated rings. The van der Waals surface area contributed by atoms with E-state index >= 15 is 0 Å². The zero-order chi connectivity index (χ0) is 19.7. The molecule has 4 unspecified atom stereocenters. The fraction of sp³-hybridized carbons (Fsp3) is 0.458.